The number of nitrogen functional groups attached to an aromatic ring is 1. The van der Waals surface area contributed by atoms with Gasteiger partial charge in [-0.25, -0.2) is 0 Å². The Morgan fingerprint density at radius 1 is 1.39 bits per heavy atom. The Bertz CT molecular complexity index is 378. The van der Waals surface area contributed by atoms with Crippen molar-refractivity contribution in [2.45, 2.75) is 27.2 Å². The Kier molecular flexibility index (Phi) is 5.28. The first-order valence-electron chi connectivity index (χ1n) is 6.35. The quantitative estimate of drug-likeness (QED) is 0.652. The van der Waals surface area contributed by atoms with Crippen LogP contribution in [0.5, 0.6) is 5.75 Å². The number of benzene rings is 1. The second kappa shape index (κ2) is 6.50. The highest BCUT2D eigenvalue weighted by atomic mass is 16.5. The summed E-state index contributed by atoms with van der Waals surface area (Å²) in [7, 11) is 0. The summed E-state index contributed by atoms with van der Waals surface area (Å²) in [6.45, 7) is 7.57. The zero-order valence-corrected chi connectivity index (χ0v) is 11.5. The molecule has 0 atom stereocenters. The van der Waals surface area contributed by atoms with E-state index in [1.54, 1.807) is 0 Å². The number of hydrogen-bond donors (Lipinski definition) is 3. The molecule has 0 aliphatic carbocycles. The van der Waals surface area contributed by atoms with Crippen molar-refractivity contribution < 1.29 is 9.84 Å². The highest BCUT2D eigenvalue weighted by Gasteiger charge is 2.16. The van der Waals surface area contributed by atoms with Gasteiger partial charge in [0, 0.05) is 30.3 Å². The van der Waals surface area contributed by atoms with Crippen molar-refractivity contribution in [3.8, 4) is 5.75 Å². The van der Waals surface area contributed by atoms with E-state index in [0.717, 1.165) is 12.1 Å². The van der Waals surface area contributed by atoms with Crippen LogP contribution in [-0.4, -0.2) is 24.9 Å². The molecule has 0 unspecified atom stereocenters. The number of nitrogens with two attached hydrogens (primary N) is 1. The van der Waals surface area contributed by atoms with Crippen LogP contribution in [0.4, 0.5) is 11.4 Å². The van der Waals surface area contributed by atoms with Crippen molar-refractivity contribution >= 4 is 11.4 Å². The smallest absolute Gasteiger partial charge is 0.144 e. The highest BCUT2D eigenvalue weighted by Crippen LogP contribution is 2.26. The molecule has 0 amide bonds. The van der Waals surface area contributed by atoms with Gasteiger partial charge >= 0.3 is 0 Å². The third-order valence-corrected chi connectivity index (χ3v) is 2.67. The van der Waals surface area contributed by atoms with Gasteiger partial charge in [0.15, 0.2) is 0 Å². The van der Waals surface area contributed by atoms with Crippen LogP contribution in [0.2, 0.25) is 0 Å². The highest BCUT2D eigenvalue weighted by molar-refractivity contribution is 5.61. The summed E-state index contributed by atoms with van der Waals surface area (Å²) in [6.07, 6.45) is 0.953. The van der Waals surface area contributed by atoms with Gasteiger partial charge in [-0.1, -0.05) is 20.8 Å². The molecule has 1 rings (SSSR count). The molecule has 0 saturated carbocycles. The fraction of sp³-hybridized carbons (Fsp3) is 0.571. The minimum atomic E-state index is -0.147. The fourth-order valence-corrected chi connectivity index (χ4v) is 1.38. The Labute approximate surface area is 109 Å². The molecule has 102 valence electrons. The van der Waals surface area contributed by atoms with E-state index in [1.165, 1.54) is 0 Å². The van der Waals surface area contributed by atoms with Crippen molar-refractivity contribution in [3.05, 3.63) is 18.2 Å². The molecule has 0 saturated heterocycles. The number of aliphatic hydroxyl groups excluding tert-OH is 1. The molecule has 1 aromatic rings. The fourth-order valence-electron chi connectivity index (χ4n) is 1.38. The van der Waals surface area contributed by atoms with E-state index in [2.05, 4.69) is 12.2 Å². The summed E-state index contributed by atoms with van der Waals surface area (Å²) in [5.41, 5.74) is 7.30. The predicted octanol–water partition coefficient (Wildman–Crippen LogP) is 2.49. The van der Waals surface area contributed by atoms with Gasteiger partial charge < -0.3 is 20.9 Å². The second-order valence-corrected chi connectivity index (χ2v) is 5.28. The van der Waals surface area contributed by atoms with E-state index in [9.17, 15) is 5.11 Å². The molecule has 0 fully saturated rings. The largest absolute Gasteiger partial charge is 0.491 e. The molecule has 0 spiro atoms. The minimum absolute atomic E-state index is 0.147. The molecule has 0 heterocycles. The van der Waals surface area contributed by atoms with Crippen molar-refractivity contribution in [2.24, 2.45) is 5.41 Å². The summed E-state index contributed by atoms with van der Waals surface area (Å²) in [6, 6.07) is 5.65. The van der Waals surface area contributed by atoms with Crippen molar-refractivity contribution in [1.29, 1.82) is 0 Å². The number of anilines is 2. The lowest BCUT2D eigenvalue weighted by Gasteiger charge is -2.23. The lowest BCUT2D eigenvalue weighted by atomic mass is 9.95. The third-order valence-electron chi connectivity index (χ3n) is 2.67. The first-order valence-corrected chi connectivity index (χ1v) is 6.35. The third kappa shape index (κ3) is 4.45. The van der Waals surface area contributed by atoms with Gasteiger partial charge in [-0.15, -0.1) is 0 Å². The van der Waals surface area contributed by atoms with Gasteiger partial charge in [0.05, 0.1) is 12.3 Å². The summed E-state index contributed by atoms with van der Waals surface area (Å²) in [5.74, 6) is 0.712. The molecule has 18 heavy (non-hydrogen) atoms. The zero-order chi connectivity index (χ0) is 13.6. The van der Waals surface area contributed by atoms with E-state index in [1.807, 2.05) is 32.0 Å². The van der Waals surface area contributed by atoms with Crippen LogP contribution in [0.25, 0.3) is 0 Å². The van der Waals surface area contributed by atoms with Crippen LogP contribution in [-0.2, 0) is 0 Å². The van der Waals surface area contributed by atoms with Crippen LogP contribution < -0.4 is 15.8 Å². The van der Waals surface area contributed by atoms with Gasteiger partial charge in [0.2, 0.25) is 0 Å². The number of nitrogens with one attached hydrogen (secondary N) is 1. The molecule has 0 aliphatic heterocycles. The molecular formula is C14H24N2O2. The topological polar surface area (TPSA) is 67.5 Å². The lowest BCUT2D eigenvalue weighted by molar-refractivity contribution is 0.171. The number of aliphatic hydroxyl groups is 1. The maximum atomic E-state index is 9.20. The van der Waals surface area contributed by atoms with Gasteiger partial charge in [-0.05, 0) is 18.6 Å². The average Bonchev–Trinajstić information content (AvgIpc) is 2.36. The lowest BCUT2D eigenvalue weighted by Crippen LogP contribution is -2.26. The molecule has 0 bridgehead atoms. The maximum Gasteiger partial charge on any atom is 0.144 e. The van der Waals surface area contributed by atoms with E-state index < -0.39 is 0 Å². The van der Waals surface area contributed by atoms with Crippen molar-refractivity contribution in [2.75, 3.05) is 30.8 Å². The number of rotatable bonds is 7. The maximum absolute atomic E-state index is 9.20. The van der Waals surface area contributed by atoms with E-state index >= 15 is 0 Å². The summed E-state index contributed by atoms with van der Waals surface area (Å²) in [5, 5.41) is 12.5. The monoisotopic (exact) mass is 252 g/mol. The molecule has 1 aromatic carbocycles. The van der Waals surface area contributed by atoms with Crippen LogP contribution in [0.15, 0.2) is 18.2 Å². The van der Waals surface area contributed by atoms with Gasteiger partial charge in [0.1, 0.15) is 5.75 Å². The summed E-state index contributed by atoms with van der Waals surface area (Å²) in [4.78, 5) is 0. The Morgan fingerprint density at radius 3 is 2.72 bits per heavy atom. The van der Waals surface area contributed by atoms with Crippen LogP contribution >= 0.6 is 0 Å². The van der Waals surface area contributed by atoms with Crippen LogP contribution in [0.1, 0.15) is 27.2 Å². The Morgan fingerprint density at radius 2 is 2.11 bits per heavy atom. The number of hydrogen-bond acceptors (Lipinski definition) is 4. The van der Waals surface area contributed by atoms with Crippen molar-refractivity contribution in [1.82, 2.24) is 0 Å². The summed E-state index contributed by atoms with van der Waals surface area (Å²) >= 11 is 0. The van der Waals surface area contributed by atoms with Gasteiger partial charge in [0.25, 0.3) is 0 Å². The van der Waals surface area contributed by atoms with Crippen LogP contribution in [0, 0.1) is 5.41 Å². The molecule has 0 aliphatic rings. The standard InChI is InChI=1S/C14H24N2O2/c1-4-7-18-13-8-11(5-6-12(13)15)16-9-14(2,3)10-17/h5-6,8,16-17H,4,7,9-10,15H2,1-3H3. The number of ether oxygens (including phenoxy) is 1. The SMILES string of the molecule is CCCOc1cc(NCC(C)(C)CO)ccc1N. The van der Waals surface area contributed by atoms with Gasteiger partial charge in [-0.3, -0.25) is 0 Å². The first kappa shape index (κ1) is 14.6. The van der Waals surface area contributed by atoms with Gasteiger partial charge in [-0.2, -0.15) is 0 Å². The van der Waals surface area contributed by atoms with Crippen LogP contribution in [0.3, 0.4) is 0 Å². The molecule has 4 heteroatoms. The summed E-state index contributed by atoms with van der Waals surface area (Å²) < 4.78 is 5.57. The molecule has 4 nitrogen and oxygen atoms in total. The zero-order valence-electron chi connectivity index (χ0n) is 11.5. The average molecular weight is 252 g/mol. The van der Waals surface area contributed by atoms with Crippen molar-refractivity contribution in [3.63, 3.8) is 0 Å². The molecule has 4 N–H and O–H groups in total. The Hall–Kier alpha value is -1.42. The molecular weight excluding hydrogens is 228 g/mol. The first-order chi connectivity index (χ1) is 8.48. The normalized spacial score (nSPS) is 11.3. The second-order valence-electron chi connectivity index (χ2n) is 5.28. The van der Waals surface area contributed by atoms with E-state index in [0.29, 0.717) is 24.6 Å². The van der Waals surface area contributed by atoms with E-state index in [4.69, 9.17) is 10.5 Å². The minimum Gasteiger partial charge on any atom is -0.491 e. The molecule has 0 radical (unpaired) electrons. The Balaban J connectivity index is 2.67. The predicted molar refractivity (Wildman–Crippen MR) is 76.0 cm³/mol. The van der Waals surface area contributed by atoms with E-state index in [-0.39, 0.29) is 12.0 Å². The molecule has 0 aromatic heterocycles.